The number of oxime groups is 1. The maximum Gasteiger partial charge on any atom is 0.231 e. The van der Waals surface area contributed by atoms with Gasteiger partial charge in [-0.15, -0.1) is 0 Å². The lowest BCUT2D eigenvalue weighted by atomic mass is 9.99. The highest BCUT2D eigenvalue weighted by molar-refractivity contribution is 5.87. The number of hydrogen-bond acceptors (Lipinski definition) is 4. The predicted octanol–water partition coefficient (Wildman–Crippen LogP) is 1.19. The van der Waals surface area contributed by atoms with Gasteiger partial charge in [-0.2, -0.15) is 0 Å². The lowest BCUT2D eigenvalue weighted by Gasteiger charge is -2.18. The number of ether oxygens (including phenoxy) is 1. The van der Waals surface area contributed by atoms with Gasteiger partial charge in [0.15, 0.2) is 0 Å². The predicted molar refractivity (Wildman–Crippen MR) is 74.9 cm³/mol. The number of carbonyl (C=O) groups excluding carboxylic acids is 1. The van der Waals surface area contributed by atoms with Crippen LogP contribution in [-0.4, -0.2) is 29.6 Å². The van der Waals surface area contributed by atoms with Crippen LogP contribution in [-0.2, 0) is 4.79 Å². The highest BCUT2D eigenvalue weighted by atomic mass is 16.5. The zero-order valence-electron chi connectivity index (χ0n) is 11.4. The molecule has 108 valence electrons. The van der Waals surface area contributed by atoms with Gasteiger partial charge in [0, 0.05) is 18.0 Å². The van der Waals surface area contributed by atoms with Gasteiger partial charge in [0.05, 0.1) is 0 Å². The number of benzene rings is 1. The second kappa shape index (κ2) is 6.27. The topological polar surface area (TPSA) is 96.9 Å². The van der Waals surface area contributed by atoms with Crippen molar-refractivity contribution in [1.29, 1.82) is 0 Å². The first-order valence-electron chi connectivity index (χ1n) is 6.64. The van der Waals surface area contributed by atoms with Gasteiger partial charge in [-0.05, 0) is 12.5 Å². The molecule has 20 heavy (non-hydrogen) atoms. The summed E-state index contributed by atoms with van der Waals surface area (Å²) in [5.74, 6) is 0.484. The van der Waals surface area contributed by atoms with E-state index in [0.29, 0.717) is 19.4 Å². The second-order valence-corrected chi connectivity index (χ2v) is 4.81. The molecule has 6 nitrogen and oxygen atoms in total. The lowest BCUT2D eigenvalue weighted by molar-refractivity contribution is -0.123. The Bertz CT molecular complexity index is 516. The number of nitrogens with two attached hydrogens (primary N) is 1. The molecule has 0 fully saturated rings. The summed E-state index contributed by atoms with van der Waals surface area (Å²) < 4.78 is 5.50. The molecule has 0 radical (unpaired) electrons. The quantitative estimate of drug-likeness (QED) is 0.326. The van der Waals surface area contributed by atoms with Crippen molar-refractivity contribution in [3.05, 3.63) is 29.8 Å². The van der Waals surface area contributed by atoms with Crippen molar-refractivity contribution >= 4 is 11.7 Å². The number of hydrogen-bond donors (Lipinski definition) is 3. The maximum atomic E-state index is 12.3. The normalized spacial score (nSPS) is 19.1. The highest BCUT2D eigenvalue weighted by Crippen LogP contribution is 2.33. The molecule has 1 aromatic carbocycles. The smallest absolute Gasteiger partial charge is 0.231 e. The Balaban J connectivity index is 2.02. The van der Waals surface area contributed by atoms with E-state index in [9.17, 15) is 4.79 Å². The third-order valence-corrected chi connectivity index (χ3v) is 3.44. The number of nitrogens with zero attached hydrogens (tertiary/aromatic N) is 1. The highest BCUT2D eigenvalue weighted by Gasteiger charge is 2.30. The van der Waals surface area contributed by atoms with Gasteiger partial charge in [0.2, 0.25) is 5.91 Å². The van der Waals surface area contributed by atoms with Crippen molar-refractivity contribution in [2.24, 2.45) is 10.9 Å². The molecule has 2 atom stereocenters. The van der Waals surface area contributed by atoms with E-state index in [4.69, 9.17) is 15.7 Å². The first-order chi connectivity index (χ1) is 9.65. The molecule has 6 heteroatoms. The van der Waals surface area contributed by atoms with E-state index in [1.807, 2.05) is 31.2 Å². The number of amidine groups is 1. The zero-order chi connectivity index (χ0) is 14.5. The van der Waals surface area contributed by atoms with Crippen LogP contribution >= 0.6 is 0 Å². The summed E-state index contributed by atoms with van der Waals surface area (Å²) in [7, 11) is 0. The molecule has 2 unspecified atom stereocenters. The van der Waals surface area contributed by atoms with Crippen molar-refractivity contribution in [2.75, 3.05) is 6.61 Å². The first kappa shape index (κ1) is 14.2. The molecule has 0 aliphatic carbocycles. The Hall–Kier alpha value is -2.24. The summed E-state index contributed by atoms with van der Waals surface area (Å²) in [5.41, 5.74) is 6.39. The van der Waals surface area contributed by atoms with E-state index >= 15 is 0 Å². The van der Waals surface area contributed by atoms with Crippen LogP contribution < -0.4 is 15.8 Å². The average Bonchev–Trinajstić information content (AvgIpc) is 2.90. The number of carbonyl (C=O) groups is 1. The number of fused-ring (bicyclic) bond motifs is 1. The standard InChI is InChI=1S/C14H19N3O3/c1-2-9(7-13(15)17-19)16-14(18)11-8-20-12-6-4-3-5-10(11)12/h3-6,9,11,19H,2,7-8H2,1H3,(H2,15,17)(H,16,18). The van der Waals surface area contributed by atoms with Gasteiger partial charge < -0.3 is 21.0 Å². The van der Waals surface area contributed by atoms with Gasteiger partial charge in [0.1, 0.15) is 24.1 Å². The summed E-state index contributed by atoms with van der Waals surface area (Å²) in [5, 5.41) is 14.4. The third kappa shape index (κ3) is 3.01. The van der Waals surface area contributed by atoms with Crippen LogP contribution in [0, 0.1) is 0 Å². The Morgan fingerprint density at radius 1 is 1.60 bits per heavy atom. The van der Waals surface area contributed by atoms with Crippen molar-refractivity contribution in [2.45, 2.75) is 31.7 Å². The van der Waals surface area contributed by atoms with E-state index in [-0.39, 0.29) is 23.7 Å². The zero-order valence-corrected chi connectivity index (χ0v) is 11.4. The van der Waals surface area contributed by atoms with E-state index < -0.39 is 0 Å². The minimum atomic E-state index is -0.299. The van der Waals surface area contributed by atoms with Crippen LogP contribution in [0.25, 0.3) is 0 Å². The van der Waals surface area contributed by atoms with E-state index in [1.165, 1.54) is 0 Å². The second-order valence-electron chi connectivity index (χ2n) is 4.81. The van der Waals surface area contributed by atoms with Crippen LogP contribution in [0.5, 0.6) is 5.75 Å². The molecule has 4 N–H and O–H groups in total. The Kier molecular flexibility index (Phi) is 4.45. The molecule has 1 amide bonds. The molecule has 2 rings (SSSR count). The van der Waals surface area contributed by atoms with Gasteiger partial charge in [-0.3, -0.25) is 4.79 Å². The number of para-hydroxylation sites is 1. The van der Waals surface area contributed by atoms with Crippen molar-refractivity contribution in [3.8, 4) is 5.75 Å². The fourth-order valence-corrected chi connectivity index (χ4v) is 2.27. The minimum Gasteiger partial charge on any atom is -0.492 e. The summed E-state index contributed by atoms with van der Waals surface area (Å²) in [6, 6.07) is 7.38. The molecule has 1 aromatic rings. The van der Waals surface area contributed by atoms with Gasteiger partial charge >= 0.3 is 0 Å². The van der Waals surface area contributed by atoms with Gasteiger partial charge in [0.25, 0.3) is 0 Å². The van der Waals surface area contributed by atoms with Crippen molar-refractivity contribution in [3.63, 3.8) is 0 Å². The lowest BCUT2D eigenvalue weighted by Crippen LogP contribution is -2.40. The Morgan fingerprint density at radius 2 is 2.35 bits per heavy atom. The Morgan fingerprint density at radius 3 is 3.05 bits per heavy atom. The Labute approximate surface area is 117 Å². The summed E-state index contributed by atoms with van der Waals surface area (Å²) in [6.45, 7) is 2.29. The van der Waals surface area contributed by atoms with Gasteiger partial charge in [-0.1, -0.05) is 30.3 Å². The fraction of sp³-hybridized carbons (Fsp3) is 0.429. The summed E-state index contributed by atoms with van der Waals surface area (Å²) in [4.78, 5) is 12.3. The monoisotopic (exact) mass is 277 g/mol. The SMILES string of the molecule is CCC(CC(N)=NO)NC(=O)C1COc2ccccc21. The average molecular weight is 277 g/mol. The fourth-order valence-electron chi connectivity index (χ4n) is 2.27. The number of rotatable bonds is 5. The van der Waals surface area contributed by atoms with E-state index in [1.54, 1.807) is 0 Å². The van der Waals surface area contributed by atoms with Crippen LogP contribution in [0.2, 0.25) is 0 Å². The number of nitrogens with one attached hydrogen (secondary N) is 1. The van der Waals surface area contributed by atoms with Crippen molar-refractivity contribution < 1.29 is 14.7 Å². The minimum absolute atomic E-state index is 0.0902. The third-order valence-electron chi connectivity index (χ3n) is 3.44. The molecule has 0 saturated heterocycles. The molecule has 1 aliphatic rings. The van der Waals surface area contributed by atoms with Crippen LogP contribution in [0.4, 0.5) is 0 Å². The largest absolute Gasteiger partial charge is 0.492 e. The molecule has 0 aromatic heterocycles. The molecular weight excluding hydrogens is 258 g/mol. The molecule has 0 bridgehead atoms. The molecule has 0 spiro atoms. The molecule has 1 heterocycles. The van der Waals surface area contributed by atoms with E-state index in [2.05, 4.69) is 10.5 Å². The molecule has 1 aliphatic heterocycles. The first-order valence-corrected chi connectivity index (χ1v) is 6.64. The van der Waals surface area contributed by atoms with Gasteiger partial charge in [-0.25, -0.2) is 0 Å². The molecule has 0 saturated carbocycles. The maximum absolute atomic E-state index is 12.3. The number of amides is 1. The van der Waals surface area contributed by atoms with Crippen molar-refractivity contribution in [1.82, 2.24) is 5.32 Å². The van der Waals surface area contributed by atoms with Crippen LogP contribution in [0.15, 0.2) is 29.4 Å². The molecular formula is C14H19N3O3. The van der Waals surface area contributed by atoms with Crippen LogP contribution in [0.3, 0.4) is 0 Å². The van der Waals surface area contributed by atoms with Crippen LogP contribution in [0.1, 0.15) is 31.2 Å². The van der Waals surface area contributed by atoms with E-state index in [0.717, 1.165) is 11.3 Å². The summed E-state index contributed by atoms with van der Waals surface area (Å²) in [6.07, 6.45) is 1.03. The summed E-state index contributed by atoms with van der Waals surface area (Å²) >= 11 is 0.